The van der Waals surface area contributed by atoms with Crippen LogP contribution in [0.3, 0.4) is 0 Å². The minimum atomic E-state index is -0.169. The number of nitrogens with one attached hydrogen (secondary N) is 1. The van der Waals surface area contributed by atoms with Crippen LogP contribution in [0.15, 0.2) is 84.9 Å². The highest BCUT2D eigenvalue weighted by atomic mass is 19.1. The summed E-state index contributed by atoms with van der Waals surface area (Å²) in [6.45, 7) is 0. The molecular weight excluding hydrogens is 321 g/mol. The van der Waals surface area contributed by atoms with Crippen LogP contribution < -0.4 is 5.32 Å². The molecule has 2 aliphatic rings. The molecule has 0 unspecified atom stereocenters. The fourth-order valence-corrected chi connectivity index (χ4v) is 4.43. The molecule has 0 spiro atoms. The molecule has 1 aliphatic heterocycles. The molecule has 0 bridgehead atoms. The van der Waals surface area contributed by atoms with Crippen molar-refractivity contribution in [1.29, 1.82) is 0 Å². The van der Waals surface area contributed by atoms with Crippen molar-refractivity contribution < 1.29 is 4.39 Å². The lowest BCUT2D eigenvalue weighted by Gasteiger charge is -2.37. The van der Waals surface area contributed by atoms with Gasteiger partial charge in [-0.25, -0.2) is 4.39 Å². The van der Waals surface area contributed by atoms with E-state index in [1.807, 2.05) is 12.1 Å². The molecule has 3 aromatic rings. The number of anilines is 1. The van der Waals surface area contributed by atoms with Crippen LogP contribution in [0.1, 0.15) is 29.5 Å². The number of benzene rings is 3. The predicted octanol–water partition coefficient (Wildman–Crippen LogP) is 6.32. The first-order chi connectivity index (χ1) is 12.8. The van der Waals surface area contributed by atoms with E-state index in [0.717, 1.165) is 17.7 Å². The summed E-state index contributed by atoms with van der Waals surface area (Å²) in [7, 11) is 0. The summed E-state index contributed by atoms with van der Waals surface area (Å²) in [5.41, 5.74) is 6.02. The van der Waals surface area contributed by atoms with E-state index in [4.69, 9.17) is 0 Å². The first kappa shape index (κ1) is 15.4. The van der Waals surface area contributed by atoms with Gasteiger partial charge in [0.15, 0.2) is 0 Å². The Morgan fingerprint density at radius 3 is 2.58 bits per heavy atom. The number of rotatable bonds is 2. The number of fused-ring (bicyclic) bond motifs is 3. The van der Waals surface area contributed by atoms with Crippen LogP contribution >= 0.6 is 0 Å². The smallest absolute Gasteiger partial charge is 0.123 e. The van der Waals surface area contributed by atoms with E-state index in [2.05, 4.69) is 59.9 Å². The van der Waals surface area contributed by atoms with E-state index in [1.54, 1.807) is 12.1 Å². The fraction of sp³-hybridized carbons (Fsp3) is 0.167. The van der Waals surface area contributed by atoms with Crippen molar-refractivity contribution in [1.82, 2.24) is 0 Å². The second-order valence-electron chi connectivity index (χ2n) is 7.20. The molecular formula is C24H20FN. The third-order valence-electron chi connectivity index (χ3n) is 5.68. The average Bonchev–Trinajstić information content (AvgIpc) is 3.18. The van der Waals surface area contributed by atoms with Gasteiger partial charge in [-0.1, -0.05) is 60.7 Å². The maximum Gasteiger partial charge on any atom is 0.123 e. The Kier molecular flexibility index (Phi) is 3.63. The van der Waals surface area contributed by atoms with Crippen molar-refractivity contribution in [2.45, 2.75) is 18.4 Å². The van der Waals surface area contributed by atoms with Gasteiger partial charge in [0.2, 0.25) is 0 Å². The van der Waals surface area contributed by atoms with Crippen molar-refractivity contribution in [2.75, 3.05) is 5.32 Å². The van der Waals surface area contributed by atoms with Crippen molar-refractivity contribution >= 4 is 5.69 Å². The molecule has 128 valence electrons. The molecule has 1 aliphatic carbocycles. The highest BCUT2D eigenvalue weighted by Gasteiger charge is 2.38. The molecule has 0 radical (unpaired) electrons. The van der Waals surface area contributed by atoms with E-state index in [-0.39, 0.29) is 11.9 Å². The number of allylic oxidation sites excluding steroid dienone is 2. The van der Waals surface area contributed by atoms with Gasteiger partial charge in [-0.2, -0.15) is 0 Å². The van der Waals surface area contributed by atoms with Gasteiger partial charge in [0.25, 0.3) is 0 Å². The molecule has 3 atom stereocenters. The summed E-state index contributed by atoms with van der Waals surface area (Å²) in [5.74, 6) is 0.635. The van der Waals surface area contributed by atoms with Gasteiger partial charge < -0.3 is 5.32 Å². The lowest BCUT2D eigenvalue weighted by atomic mass is 9.76. The Labute approximate surface area is 153 Å². The number of hydrogen-bond donors (Lipinski definition) is 1. The lowest BCUT2D eigenvalue weighted by molar-refractivity contribution is 0.424. The molecule has 0 saturated heterocycles. The summed E-state index contributed by atoms with van der Waals surface area (Å²) in [4.78, 5) is 0. The standard InChI is InChI=1S/C24H20FN/c25-19-9-4-8-18(14-19)24-21-11-5-10-20(21)22-15-17(12-13-23(22)26-24)16-6-2-1-3-7-16/h1-10,12-15,20-21,24,26H,11H2/t20-,21-,24+/m1/s1. The maximum absolute atomic E-state index is 13.8. The summed E-state index contributed by atoms with van der Waals surface area (Å²) >= 11 is 0. The molecule has 2 heteroatoms. The zero-order valence-electron chi connectivity index (χ0n) is 14.4. The molecule has 0 aromatic heterocycles. The topological polar surface area (TPSA) is 12.0 Å². The predicted molar refractivity (Wildman–Crippen MR) is 105 cm³/mol. The summed E-state index contributed by atoms with van der Waals surface area (Å²) in [6.07, 6.45) is 5.62. The van der Waals surface area contributed by atoms with Crippen LogP contribution in [0, 0.1) is 11.7 Å². The van der Waals surface area contributed by atoms with Crippen LogP contribution in [-0.4, -0.2) is 0 Å². The zero-order valence-corrected chi connectivity index (χ0v) is 14.4. The molecule has 0 fully saturated rings. The molecule has 1 N–H and O–H groups in total. The Bertz CT molecular complexity index is 977. The van der Waals surface area contributed by atoms with Gasteiger partial charge in [-0.05, 0) is 58.9 Å². The molecule has 0 saturated carbocycles. The minimum Gasteiger partial charge on any atom is -0.378 e. The second-order valence-corrected chi connectivity index (χ2v) is 7.20. The molecule has 26 heavy (non-hydrogen) atoms. The Hall–Kier alpha value is -2.87. The SMILES string of the molecule is Fc1cccc([C@@H]2Nc3ccc(-c4ccccc4)cc3[C@@H]3C=CC[C@H]32)c1. The van der Waals surface area contributed by atoms with Gasteiger partial charge in [0.1, 0.15) is 5.82 Å². The fourth-order valence-electron chi connectivity index (χ4n) is 4.43. The largest absolute Gasteiger partial charge is 0.378 e. The lowest BCUT2D eigenvalue weighted by Crippen LogP contribution is -2.29. The average molecular weight is 341 g/mol. The zero-order chi connectivity index (χ0) is 17.5. The van der Waals surface area contributed by atoms with Crippen molar-refractivity contribution in [3.8, 4) is 11.1 Å². The van der Waals surface area contributed by atoms with Crippen molar-refractivity contribution in [3.63, 3.8) is 0 Å². The third kappa shape index (κ3) is 2.53. The summed E-state index contributed by atoms with van der Waals surface area (Å²) in [5, 5.41) is 3.68. The molecule has 1 nitrogen and oxygen atoms in total. The van der Waals surface area contributed by atoms with Gasteiger partial charge in [0, 0.05) is 11.6 Å². The van der Waals surface area contributed by atoms with Crippen LogP contribution in [-0.2, 0) is 0 Å². The molecule has 3 aromatic carbocycles. The number of hydrogen-bond acceptors (Lipinski definition) is 1. The van der Waals surface area contributed by atoms with Crippen LogP contribution in [0.5, 0.6) is 0 Å². The van der Waals surface area contributed by atoms with E-state index in [0.29, 0.717) is 11.8 Å². The van der Waals surface area contributed by atoms with Crippen LogP contribution in [0.2, 0.25) is 0 Å². The Morgan fingerprint density at radius 1 is 0.846 bits per heavy atom. The third-order valence-corrected chi connectivity index (χ3v) is 5.68. The molecule has 0 amide bonds. The van der Waals surface area contributed by atoms with E-state index >= 15 is 0 Å². The van der Waals surface area contributed by atoms with Crippen molar-refractivity contribution in [2.24, 2.45) is 5.92 Å². The Morgan fingerprint density at radius 2 is 1.73 bits per heavy atom. The number of halogens is 1. The van der Waals surface area contributed by atoms with Crippen LogP contribution in [0.4, 0.5) is 10.1 Å². The second kappa shape index (κ2) is 6.14. The van der Waals surface area contributed by atoms with Gasteiger partial charge >= 0.3 is 0 Å². The van der Waals surface area contributed by atoms with Gasteiger partial charge in [-0.3, -0.25) is 0 Å². The van der Waals surface area contributed by atoms with E-state index < -0.39 is 0 Å². The van der Waals surface area contributed by atoms with E-state index in [1.165, 1.54) is 22.8 Å². The Balaban J connectivity index is 1.57. The monoisotopic (exact) mass is 341 g/mol. The molecule has 5 rings (SSSR count). The maximum atomic E-state index is 13.8. The normalized spacial score (nSPS) is 23.2. The summed E-state index contributed by atoms with van der Waals surface area (Å²) < 4.78 is 13.8. The van der Waals surface area contributed by atoms with E-state index in [9.17, 15) is 4.39 Å². The van der Waals surface area contributed by atoms with Gasteiger partial charge in [-0.15, -0.1) is 0 Å². The quantitative estimate of drug-likeness (QED) is 0.538. The highest BCUT2D eigenvalue weighted by Crippen LogP contribution is 2.50. The molecule has 1 heterocycles. The minimum absolute atomic E-state index is 0.140. The first-order valence-corrected chi connectivity index (χ1v) is 9.17. The highest BCUT2D eigenvalue weighted by molar-refractivity contribution is 5.71. The van der Waals surface area contributed by atoms with Crippen LogP contribution in [0.25, 0.3) is 11.1 Å². The summed E-state index contributed by atoms with van der Waals surface area (Å²) in [6, 6.07) is 24.3. The first-order valence-electron chi connectivity index (χ1n) is 9.17. The van der Waals surface area contributed by atoms with Gasteiger partial charge in [0.05, 0.1) is 6.04 Å². The van der Waals surface area contributed by atoms with Crippen molar-refractivity contribution in [3.05, 3.63) is 102 Å².